The van der Waals surface area contributed by atoms with E-state index in [1.807, 2.05) is 0 Å². The van der Waals surface area contributed by atoms with Crippen molar-refractivity contribution < 1.29 is 4.79 Å². The zero-order valence-electron chi connectivity index (χ0n) is 9.03. The zero-order chi connectivity index (χ0) is 11.3. The van der Waals surface area contributed by atoms with Crippen molar-refractivity contribution in [3.05, 3.63) is 18.5 Å². The topological polar surface area (TPSA) is 71.2 Å². The Bertz CT molecular complexity index is 338. The fraction of sp³-hybridized carbons (Fsp3) is 0.400. The summed E-state index contributed by atoms with van der Waals surface area (Å²) in [5.74, 6) is 0.0927. The maximum Gasteiger partial charge on any atom is 0.223 e. The highest BCUT2D eigenvalue weighted by Crippen LogP contribution is 2.14. The standard InChI is InChI=1S/C10H16N4O/c1-14(2)10(15)4-6-13-9-3-5-12-7-8(9)11/h3,5,7H,4,6,11H2,1-2H3,(H,12,13). The summed E-state index contributed by atoms with van der Waals surface area (Å²) in [6, 6.07) is 1.79. The maximum atomic E-state index is 11.3. The lowest BCUT2D eigenvalue weighted by Crippen LogP contribution is -2.24. The Morgan fingerprint density at radius 1 is 1.60 bits per heavy atom. The first-order valence-electron chi connectivity index (χ1n) is 4.75. The summed E-state index contributed by atoms with van der Waals surface area (Å²) in [5.41, 5.74) is 7.09. The molecule has 15 heavy (non-hydrogen) atoms. The predicted molar refractivity (Wildman–Crippen MR) is 60.5 cm³/mol. The van der Waals surface area contributed by atoms with Crippen LogP contribution >= 0.6 is 0 Å². The van der Waals surface area contributed by atoms with Gasteiger partial charge in [-0.1, -0.05) is 0 Å². The van der Waals surface area contributed by atoms with E-state index in [9.17, 15) is 4.79 Å². The van der Waals surface area contributed by atoms with Crippen molar-refractivity contribution in [3.63, 3.8) is 0 Å². The Kier molecular flexibility index (Phi) is 3.91. The zero-order valence-corrected chi connectivity index (χ0v) is 9.03. The number of amides is 1. The Labute approximate surface area is 89.3 Å². The molecule has 0 aliphatic carbocycles. The molecule has 3 N–H and O–H groups in total. The largest absolute Gasteiger partial charge is 0.396 e. The molecule has 0 saturated carbocycles. The molecule has 0 aromatic carbocycles. The lowest BCUT2D eigenvalue weighted by Gasteiger charge is -2.11. The summed E-state index contributed by atoms with van der Waals surface area (Å²) in [4.78, 5) is 16.7. The fourth-order valence-corrected chi connectivity index (χ4v) is 1.10. The van der Waals surface area contributed by atoms with Gasteiger partial charge in [-0.15, -0.1) is 0 Å². The van der Waals surface area contributed by atoms with Crippen molar-refractivity contribution in [1.82, 2.24) is 9.88 Å². The van der Waals surface area contributed by atoms with Gasteiger partial charge in [0.2, 0.25) is 5.91 Å². The van der Waals surface area contributed by atoms with Gasteiger partial charge in [-0.2, -0.15) is 0 Å². The van der Waals surface area contributed by atoms with Gasteiger partial charge in [0, 0.05) is 33.3 Å². The van der Waals surface area contributed by atoms with Crippen LogP contribution in [0, 0.1) is 0 Å². The maximum absolute atomic E-state index is 11.3. The van der Waals surface area contributed by atoms with Crippen molar-refractivity contribution in [1.29, 1.82) is 0 Å². The Morgan fingerprint density at radius 3 is 2.93 bits per heavy atom. The minimum Gasteiger partial charge on any atom is -0.396 e. The van der Waals surface area contributed by atoms with E-state index in [-0.39, 0.29) is 5.91 Å². The molecular weight excluding hydrogens is 192 g/mol. The molecule has 1 rings (SSSR count). The van der Waals surface area contributed by atoms with Crippen LogP contribution in [0.3, 0.4) is 0 Å². The number of pyridine rings is 1. The summed E-state index contributed by atoms with van der Waals surface area (Å²) < 4.78 is 0. The second-order valence-electron chi connectivity index (χ2n) is 3.43. The number of hydrogen-bond acceptors (Lipinski definition) is 4. The summed E-state index contributed by atoms with van der Waals surface area (Å²) in [6.45, 7) is 0.575. The highest BCUT2D eigenvalue weighted by atomic mass is 16.2. The van der Waals surface area contributed by atoms with E-state index in [4.69, 9.17) is 5.73 Å². The summed E-state index contributed by atoms with van der Waals surface area (Å²) in [7, 11) is 3.48. The molecule has 0 atom stereocenters. The smallest absolute Gasteiger partial charge is 0.223 e. The molecule has 5 nitrogen and oxygen atoms in total. The molecule has 1 aromatic heterocycles. The van der Waals surface area contributed by atoms with Gasteiger partial charge in [-0.25, -0.2) is 0 Å². The first-order chi connectivity index (χ1) is 7.11. The van der Waals surface area contributed by atoms with Gasteiger partial charge < -0.3 is 16.0 Å². The third-order valence-corrected chi connectivity index (χ3v) is 2.01. The van der Waals surface area contributed by atoms with Gasteiger partial charge in [0.25, 0.3) is 0 Å². The average molecular weight is 208 g/mol. The van der Waals surface area contributed by atoms with Crippen molar-refractivity contribution in [2.75, 3.05) is 31.7 Å². The van der Waals surface area contributed by atoms with Crippen molar-refractivity contribution in [2.45, 2.75) is 6.42 Å². The number of nitrogens with one attached hydrogen (secondary N) is 1. The van der Waals surface area contributed by atoms with Gasteiger partial charge in [-0.05, 0) is 6.07 Å². The highest BCUT2D eigenvalue weighted by molar-refractivity contribution is 5.76. The molecule has 0 aliphatic heterocycles. The number of nitrogens with two attached hydrogens (primary N) is 1. The molecule has 1 amide bonds. The average Bonchev–Trinajstić information content (AvgIpc) is 2.20. The lowest BCUT2D eigenvalue weighted by atomic mass is 10.3. The molecule has 1 aromatic rings. The van der Waals surface area contributed by atoms with Gasteiger partial charge in [-0.3, -0.25) is 9.78 Å². The molecule has 0 saturated heterocycles. The molecule has 0 radical (unpaired) electrons. The Morgan fingerprint density at radius 2 is 2.33 bits per heavy atom. The van der Waals surface area contributed by atoms with Gasteiger partial charge in [0.05, 0.1) is 17.6 Å². The van der Waals surface area contributed by atoms with Crippen LogP contribution in [0.15, 0.2) is 18.5 Å². The number of nitrogens with zero attached hydrogens (tertiary/aromatic N) is 2. The molecule has 0 fully saturated rings. The molecule has 0 unspecified atom stereocenters. The third kappa shape index (κ3) is 3.46. The normalized spacial score (nSPS) is 9.73. The monoisotopic (exact) mass is 208 g/mol. The Hall–Kier alpha value is -1.78. The molecule has 0 aliphatic rings. The van der Waals surface area contributed by atoms with Crippen LogP contribution in [0.1, 0.15) is 6.42 Å². The number of carbonyl (C=O) groups is 1. The van der Waals surface area contributed by atoms with E-state index in [0.717, 1.165) is 5.69 Å². The third-order valence-electron chi connectivity index (χ3n) is 2.01. The quantitative estimate of drug-likeness (QED) is 0.758. The number of carbonyl (C=O) groups excluding carboxylic acids is 1. The minimum atomic E-state index is 0.0927. The molecule has 5 heteroatoms. The van der Waals surface area contributed by atoms with E-state index in [2.05, 4.69) is 10.3 Å². The fourth-order valence-electron chi connectivity index (χ4n) is 1.10. The summed E-state index contributed by atoms with van der Waals surface area (Å²) >= 11 is 0. The Balaban J connectivity index is 2.38. The van der Waals surface area contributed by atoms with Crippen molar-refractivity contribution in [3.8, 4) is 0 Å². The minimum absolute atomic E-state index is 0.0927. The van der Waals surface area contributed by atoms with Crippen LogP contribution in [0.25, 0.3) is 0 Å². The van der Waals surface area contributed by atoms with Gasteiger partial charge >= 0.3 is 0 Å². The highest BCUT2D eigenvalue weighted by Gasteiger charge is 2.03. The van der Waals surface area contributed by atoms with Crippen LogP contribution in [0.4, 0.5) is 11.4 Å². The molecule has 0 spiro atoms. The van der Waals surface area contributed by atoms with Gasteiger partial charge in [0.15, 0.2) is 0 Å². The summed E-state index contributed by atoms with van der Waals surface area (Å²) in [5, 5.41) is 3.09. The van der Waals surface area contributed by atoms with Crippen LogP contribution in [0.2, 0.25) is 0 Å². The molecule has 1 heterocycles. The molecule has 82 valence electrons. The van der Waals surface area contributed by atoms with Crippen LogP contribution < -0.4 is 11.1 Å². The van der Waals surface area contributed by atoms with E-state index >= 15 is 0 Å². The van der Waals surface area contributed by atoms with Gasteiger partial charge in [0.1, 0.15) is 0 Å². The lowest BCUT2D eigenvalue weighted by molar-refractivity contribution is -0.128. The number of anilines is 2. The van der Waals surface area contributed by atoms with E-state index < -0.39 is 0 Å². The SMILES string of the molecule is CN(C)C(=O)CCNc1ccncc1N. The molecule has 0 bridgehead atoms. The van der Waals surface area contributed by atoms with Crippen LogP contribution in [-0.2, 0) is 4.79 Å². The first kappa shape index (κ1) is 11.3. The number of hydrogen-bond donors (Lipinski definition) is 2. The van der Waals surface area contributed by atoms with Crippen molar-refractivity contribution >= 4 is 17.3 Å². The van der Waals surface area contributed by atoms with Crippen LogP contribution in [-0.4, -0.2) is 36.4 Å². The number of rotatable bonds is 4. The number of aromatic nitrogens is 1. The predicted octanol–water partition coefficient (Wildman–Crippen LogP) is 0.554. The van der Waals surface area contributed by atoms with Crippen molar-refractivity contribution in [2.24, 2.45) is 0 Å². The van der Waals surface area contributed by atoms with E-state index in [1.165, 1.54) is 0 Å². The first-order valence-corrected chi connectivity index (χ1v) is 4.75. The van der Waals surface area contributed by atoms with E-state index in [0.29, 0.717) is 18.7 Å². The number of nitrogen functional groups attached to an aromatic ring is 1. The summed E-state index contributed by atoms with van der Waals surface area (Å²) in [6.07, 6.45) is 3.69. The van der Waals surface area contributed by atoms with Crippen LogP contribution in [0.5, 0.6) is 0 Å². The second kappa shape index (κ2) is 5.19. The molecular formula is C10H16N4O. The second-order valence-corrected chi connectivity index (χ2v) is 3.43. The van der Waals surface area contributed by atoms with E-state index in [1.54, 1.807) is 37.5 Å².